The minimum Gasteiger partial charge on any atom is -0.294 e. The Kier molecular flexibility index (Phi) is 6.79. The standard InChI is InChI=1S/C20H25F3O2/c1-2-3-4-14-5-7-15(8-6-14)16-9-11-17(12-10-16)18(24)13-19(25)20(21,22)23/h9-12,14-15H,2-8,13H2,1H3. The monoisotopic (exact) mass is 354 g/mol. The molecule has 5 heteroatoms. The molecule has 25 heavy (non-hydrogen) atoms. The normalized spacial score (nSPS) is 21.1. The summed E-state index contributed by atoms with van der Waals surface area (Å²) >= 11 is 0. The summed E-state index contributed by atoms with van der Waals surface area (Å²) in [7, 11) is 0. The summed E-state index contributed by atoms with van der Waals surface area (Å²) in [5.41, 5.74) is 1.30. The number of unbranched alkanes of at least 4 members (excludes halogenated alkanes) is 1. The first-order chi connectivity index (χ1) is 11.8. The number of carbonyl (C=O) groups is 2. The van der Waals surface area contributed by atoms with E-state index in [1.165, 1.54) is 32.1 Å². The molecule has 0 aliphatic heterocycles. The molecule has 0 atom stereocenters. The summed E-state index contributed by atoms with van der Waals surface area (Å²) in [4.78, 5) is 22.7. The van der Waals surface area contributed by atoms with Crippen LogP contribution in [0.1, 0.15) is 80.1 Å². The number of Topliss-reactive ketones (excluding diaryl/α,β-unsaturated/α-hetero) is 2. The zero-order valence-electron chi connectivity index (χ0n) is 14.6. The highest BCUT2D eigenvalue weighted by atomic mass is 19.4. The fourth-order valence-electron chi connectivity index (χ4n) is 3.57. The van der Waals surface area contributed by atoms with Gasteiger partial charge in [-0.05, 0) is 43.1 Å². The van der Waals surface area contributed by atoms with Crippen molar-refractivity contribution in [3.63, 3.8) is 0 Å². The van der Waals surface area contributed by atoms with Crippen LogP contribution in [-0.2, 0) is 4.79 Å². The molecule has 0 saturated heterocycles. The first-order valence-corrected chi connectivity index (χ1v) is 9.04. The minimum atomic E-state index is -4.95. The summed E-state index contributed by atoms with van der Waals surface area (Å²) in [6, 6.07) is 6.74. The molecular formula is C20H25F3O2. The van der Waals surface area contributed by atoms with Gasteiger partial charge in [-0.3, -0.25) is 9.59 Å². The van der Waals surface area contributed by atoms with Crippen molar-refractivity contribution in [2.45, 2.75) is 70.4 Å². The Morgan fingerprint density at radius 3 is 2.16 bits per heavy atom. The van der Waals surface area contributed by atoms with Crippen molar-refractivity contribution in [1.29, 1.82) is 0 Å². The predicted molar refractivity (Wildman–Crippen MR) is 90.7 cm³/mol. The molecule has 1 aromatic carbocycles. The SMILES string of the molecule is CCCCC1CCC(c2ccc(C(=O)CC(=O)C(F)(F)F)cc2)CC1. The van der Waals surface area contributed by atoms with Crippen molar-refractivity contribution in [3.8, 4) is 0 Å². The highest BCUT2D eigenvalue weighted by molar-refractivity contribution is 6.09. The van der Waals surface area contributed by atoms with E-state index in [0.29, 0.717) is 5.92 Å². The average Bonchev–Trinajstić information content (AvgIpc) is 2.59. The second-order valence-electron chi connectivity index (χ2n) is 7.00. The van der Waals surface area contributed by atoms with Crippen molar-refractivity contribution in [2.24, 2.45) is 5.92 Å². The maximum atomic E-state index is 12.2. The molecule has 0 N–H and O–H groups in total. The molecule has 0 unspecified atom stereocenters. The lowest BCUT2D eigenvalue weighted by Crippen LogP contribution is -2.25. The summed E-state index contributed by atoms with van der Waals surface area (Å²) in [5, 5.41) is 0. The number of carbonyl (C=O) groups excluding carboxylic acids is 2. The number of alkyl halides is 3. The molecule has 0 radical (unpaired) electrons. The molecule has 0 amide bonds. The van der Waals surface area contributed by atoms with Crippen LogP contribution in [0.5, 0.6) is 0 Å². The van der Waals surface area contributed by atoms with Crippen molar-refractivity contribution in [3.05, 3.63) is 35.4 Å². The van der Waals surface area contributed by atoms with Crippen LogP contribution >= 0.6 is 0 Å². The number of benzene rings is 1. The van der Waals surface area contributed by atoms with Crippen LogP contribution in [0.3, 0.4) is 0 Å². The Balaban J connectivity index is 1.90. The van der Waals surface area contributed by atoms with Gasteiger partial charge in [0.15, 0.2) is 5.78 Å². The van der Waals surface area contributed by atoms with Crippen molar-refractivity contribution in [2.75, 3.05) is 0 Å². The van der Waals surface area contributed by atoms with Crippen molar-refractivity contribution < 1.29 is 22.8 Å². The average molecular weight is 354 g/mol. The van der Waals surface area contributed by atoms with E-state index in [1.54, 1.807) is 12.1 Å². The quantitative estimate of drug-likeness (QED) is 0.454. The molecule has 0 aromatic heterocycles. The molecule has 2 rings (SSSR count). The van der Waals surface area contributed by atoms with Gasteiger partial charge in [0.2, 0.25) is 5.78 Å². The van der Waals surface area contributed by atoms with Gasteiger partial charge in [0, 0.05) is 5.56 Å². The molecule has 0 spiro atoms. The second kappa shape index (κ2) is 8.63. The molecule has 1 aliphatic rings. The van der Waals surface area contributed by atoms with Crippen LogP contribution in [0, 0.1) is 5.92 Å². The van der Waals surface area contributed by atoms with Crippen LogP contribution < -0.4 is 0 Å². The number of hydrogen-bond donors (Lipinski definition) is 0. The minimum absolute atomic E-state index is 0.165. The number of ketones is 2. The summed E-state index contributed by atoms with van der Waals surface area (Å²) in [6.45, 7) is 2.21. The Hall–Kier alpha value is -1.65. The van der Waals surface area contributed by atoms with Gasteiger partial charge in [-0.15, -0.1) is 0 Å². The number of hydrogen-bond acceptors (Lipinski definition) is 2. The van der Waals surface area contributed by atoms with Gasteiger partial charge in [-0.2, -0.15) is 13.2 Å². The Morgan fingerprint density at radius 1 is 1.04 bits per heavy atom. The Morgan fingerprint density at radius 2 is 1.64 bits per heavy atom. The van der Waals surface area contributed by atoms with E-state index in [2.05, 4.69) is 6.92 Å². The van der Waals surface area contributed by atoms with E-state index in [0.717, 1.165) is 24.3 Å². The lowest BCUT2D eigenvalue weighted by molar-refractivity contribution is -0.170. The number of halogens is 3. The van der Waals surface area contributed by atoms with Gasteiger partial charge in [0.25, 0.3) is 0 Å². The molecule has 1 aliphatic carbocycles. The third-order valence-corrected chi connectivity index (χ3v) is 5.15. The van der Waals surface area contributed by atoms with E-state index in [4.69, 9.17) is 0 Å². The lowest BCUT2D eigenvalue weighted by atomic mass is 9.77. The Labute approximate surface area is 146 Å². The van der Waals surface area contributed by atoms with Crippen LogP contribution in [-0.4, -0.2) is 17.7 Å². The van der Waals surface area contributed by atoms with Gasteiger partial charge in [-0.25, -0.2) is 0 Å². The topological polar surface area (TPSA) is 34.1 Å². The maximum Gasteiger partial charge on any atom is 0.450 e. The van der Waals surface area contributed by atoms with E-state index in [9.17, 15) is 22.8 Å². The predicted octanol–water partition coefficient (Wildman–Crippen LogP) is 5.85. The molecule has 138 valence electrons. The fraction of sp³-hybridized carbons (Fsp3) is 0.600. The van der Waals surface area contributed by atoms with Crippen molar-refractivity contribution in [1.82, 2.24) is 0 Å². The van der Waals surface area contributed by atoms with Gasteiger partial charge >= 0.3 is 6.18 Å². The maximum absolute atomic E-state index is 12.2. The second-order valence-corrected chi connectivity index (χ2v) is 7.00. The lowest BCUT2D eigenvalue weighted by Gasteiger charge is -2.28. The highest BCUT2D eigenvalue weighted by Gasteiger charge is 2.39. The zero-order chi connectivity index (χ0) is 18.4. The van der Waals surface area contributed by atoms with Gasteiger partial charge < -0.3 is 0 Å². The first kappa shape index (κ1) is 19.7. The largest absolute Gasteiger partial charge is 0.450 e. The molecule has 1 aromatic rings. The summed E-state index contributed by atoms with van der Waals surface area (Å²) in [6.07, 6.45) is 2.40. The van der Waals surface area contributed by atoms with Crippen molar-refractivity contribution >= 4 is 11.6 Å². The van der Waals surface area contributed by atoms with E-state index in [1.807, 2.05) is 12.1 Å². The zero-order valence-corrected chi connectivity index (χ0v) is 14.6. The van der Waals surface area contributed by atoms with Gasteiger partial charge in [0.05, 0.1) is 6.42 Å². The van der Waals surface area contributed by atoms with E-state index in [-0.39, 0.29) is 5.56 Å². The van der Waals surface area contributed by atoms with Crippen LogP contribution in [0.4, 0.5) is 13.2 Å². The highest BCUT2D eigenvalue weighted by Crippen LogP contribution is 2.37. The summed E-state index contributed by atoms with van der Waals surface area (Å²) in [5.74, 6) is -1.51. The molecule has 1 fully saturated rings. The first-order valence-electron chi connectivity index (χ1n) is 9.04. The van der Waals surface area contributed by atoms with E-state index < -0.39 is 24.2 Å². The Bertz CT molecular complexity index is 582. The fourth-order valence-corrected chi connectivity index (χ4v) is 3.57. The van der Waals surface area contributed by atoms with Gasteiger partial charge in [0.1, 0.15) is 0 Å². The third kappa shape index (κ3) is 5.68. The smallest absolute Gasteiger partial charge is 0.294 e. The van der Waals surface area contributed by atoms with Gasteiger partial charge in [-0.1, -0.05) is 50.5 Å². The molecule has 0 heterocycles. The van der Waals surface area contributed by atoms with Crippen LogP contribution in [0.2, 0.25) is 0 Å². The van der Waals surface area contributed by atoms with Crippen LogP contribution in [0.25, 0.3) is 0 Å². The molecular weight excluding hydrogens is 329 g/mol. The van der Waals surface area contributed by atoms with Crippen LogP contribution in [0.15, 0.2) is 24.3 Å². The molecule has 2 nitrogen and oxygen atoms in total. The third-order valence-electron chi connectivity index (χ3n) is 5.15. The molecule has 0 bridgehead atoms. The summed E-state index contributed by atoms with van der Waals surface area (Å²) < 4.78 is 36.7. The number of rotatable bonds is 7. The van der Waals surface area contributed by atoms with E-state index >= 15 is 0 Å². The molecule has 1 saturated carbocycles.